The van der Waals surface area contributed by atoms with Crippen molar-refractivity contribution in [2.24, 2.45) is 0 Å². The van der Waals surface area contributed by atoms with Crippen molar-refractivity contribution in [3.8, 4) is 12.1 Å². The minimum absolute atomic E-state index is 0.0358. The average molecular weight is 389 g/mol. The van der Waals surface area contributed by atoms with Crippen LogP contribution in [0.5, 0.6) is 0 Å². The molecule has 7 heteroatoms. The lowest BCUT2D eigenvalue weighted by Crippen LogP contribution is -2.62. The first-order valence-electron chi connectivity index (χ1n) is 9.01. The van der Waals surface area contributed by atoms with Crippen molar-refractivity contribution < 1.29 is 4.79 Å². The number of nitrogens with one attached hydrogen (secondary N) is 2. The van der Waals surface area contributed by atoms with Gasteiger partial charge in [-0.1, -0.05) is 24.3 Å². The van der Waals surface area contributed by atoms with Crippen LogP contribution in [0.25, 0.3) is 0 Å². The first kappa shape index (κ1) is 18.2. The van der Waals surface area contributed by atoms with Crippen LogP contribution in [0.15, 0.2) is 36.4 Å². The van der Waals surface area contributed by atoms with Crippen LogP contribution in [0.3, 0.4) is 0 Å². The second-order valence-corrected chi connectivity index (χ2v) is 8.68. The van der Waals surface area contributed by atoms with Gasteiger partial charge in [0.1, 0.15) is 10.9 Å². The molecule has 6 nitrogen and oxygen atoms in total. The Kier molecular flexibility index (Phi) is 4.02. The van der Waals surface area contributed by atoms with Gasteiger partial charge < -0.3 is 5.32 Å². The molecule has 2 atom stereocenters. The molecule has 1 saturated carbocycles. The van der Waals surface area contributed by atoms with Crippen molar-refractivity contribution >= 4 is 23.2 Å². The van der Waals surface area contributed by atoms with Crippen LogP contribution < -0.4 is 5.32 Å². The maximum atomic E-state index is 13.2. The molecule has 1 aromatic heterocycles. The largest absolute Gasteiger partial charge is 0.345 e. The second kappa shape index (κ2) is 6.19. The van der Waals surface area contributed by atoms with Crippen LogP contribution >= 0.6 is 11.3 Å². The molecule has 0 radical (unpaired) electrons. The van der Waals surface area contributed by atoms with Crippen molar-refractivity contribution in [2.75, 3.05) is 7.05 Å². The van der Waals surface area contributed by atoms with Gasteiger partial charge in [0.25, 0.3) is 0 Å². The summed E-state index contributed by atoms with van der Waals surface area (Å²) in [6.45, 7) is 1.90. The molecule has 28 heavy (non-hydrogen) atoms. The van der Waals surface area contributed by atoms with Gasteiger partial charge in [-0.15, -0.1) is 11.3 Å². The van der Waals surface area contributed by atoms with E-state index in [1.165, 1.54) is 16.2 Å². The van der Waals surface area contributed by atoms with Gasteiger partial charge in [0.15, 0.2) is 5.96 Å². The highest BCUT2D eigenvalue weighted by Crippen LogP contribution is 2.48. The summed E-state index contributed by atoms with van der Waals surface area (Å²) in [6.07, 6.45) is 1.74. The van der Waals surface area contributed by atoms with Gasteiger partial charge in [0.05, 0.1) is 22.9 Å². The summed E-state index contributed by atoms with van der Waals surface area (Å²) in [5, 5.41) is 30.0. The maximum absolute atomic E-state index is 13.2. The highest BCUT2D eigenvalue weighted by Gasteiger charge is 2.50. The number of hydrogen-bond acceptors (Lipinski definition) is 5. The number of amides is 1. The molecule has 2 heterocycles. The van der Waals surface area contributed by atoms with E-state index in [1.807, 2.05) is 37.3 Å². The van der Waals surface area contributed by atoms with Crippen LogP contribution in [0.4, 0.5) is 0 Å². The topological polar surface area (TPSA) is 104 Å². The minimum Gasteiger partial charge on any atom is -0.345 e. The number of carbonyl (C=O) groups is 1. The van der Waals surface area contributed by atoms with E-state index >= 15 is 0 Å². The molecule has 2 N–H and O–H groups in total. The monoisotopic (exact) mass is 389 g/mol. The molecule has 0 spiro atoms. The van der Waals surface area contributed by atoms with Crippen LogP contribution in [0, 0.1) is 28.1 Å². The summed E-state index contributed by atoms with van der Waals surface area (Å²) in [7, 11) is 1.59. The summed E-state index contributed by atoms with van der Waals surface area (Å²) < 4.78 is 0. The fourth-order valence-electron chi connectivity index (χ4n) is 3.89. The molecule has 1 aliphatic carbocycles. The summed E-state index contributed by atoms with van der Waals surface area (Å²) in [5.74, 6) is -0.691. The Morgan fingerprint density at radius 3 is 2.43 bits per heavy atom. The number of nitrogens with zero attached hydrogens (tertiary/aromatic N) is 3. The van der Waals surface area contributed by atoms with E-state index in [9.17, 15) is 15.3 Å². The molecular formula is C21H19N5OS. The number of likely N-dealkylation sites (N-methyl/N-ethyl adjacent to an activating group) is 1. The Morgan fingerprint density at radius 2 is 1.89 bits per heavy atom. The molecule has 2 aliphatic rings. The molecule has 1 aromatic carbocycles. The zero-order chi connectivity index (χ0) is 20.1. The smallest absolute Gasteiger partial charge is 0.239 e. The van der Waals surface area contributed by atoms with Crippen molar-refractivity contribution in [2.45, 2.75) is 36.6 Å². The van der Waals surface area contributed by atoms with E-state index in [4.69, 9.17) is 5.41 Å². The van der Waals surface area contributed by atoms with E-state index in [-0.39, 0.29) is 17.3 Å². The number of hydrogen-bond donors (Lipinski definition) is 2. The first-order chi connectivity index (χ1) is 13.3. The highest BCUT2D eigenvalue weighted by atomic mass is 32.1. The molecule has 2 aromatic rings. The molecule has 0 unspecified atom stereocenters. The van der Waals surface area contributed by atoms with E-state index in [2.05, 4.69) is 17.5 Å². The Balaban J connectivity index is 1.79. The fraction of sp³-hybridized carbons (Fsp3) is 0.333. The van der Waals surface area contributed by atoms with Crippen LogP contribution in [0.2, 0.25) is 0 Å². The van der Waals surface area contributed by atoms with Gasteiger partial charge in [-0.2, -0.15) is 10.5 Å². The van der Waals surface area contributed by atoms with E-state index in [0.29, 0.717) is 4.88 Å². The maximum Gasteiger partial charge on any atom is 0.239 e. The Morgan fingerprint density at radius 1 is 1.21 bits per heavy atom. The zero-order valence-corrected chi connectivity index (χ0v) is 16.4. The highest BCUT2D eigenvalue weighted by molar-refractivity contribution is 7.12. The fourth-order valence-corrected chi connectivity index (χ4v) is 4.83. The lowest BCUT2D eigenvalue weighted by molar-refractivity contribution is -0.131. The molecule has 1 saturated heterocycles. The standard InChI is InChI=1S/C21H19N5OS/c1-20(16-8-7-15(11-22)28-16)17(18(27)26(2)19(24)25-20)13-3-5-14(6-4-13)21(12-23)9-10-21/h3-8,17H,9-10H2,1-2H3,(H2,24,25)/t17-,20-/m1/s1. The number of guanidine groups is 1. The average Bonchev–Trinajstić information content (AvgIpc) is 3.34. The van der Waals surface area contributed by atoms with E-state index in [0.717, 1.165) is 28.8 Å². The van der Waals surface area contributed by atoms with Gasteiger partial charge >= 0.3 is 0 Å². The Labute approximate surface area is 167 Å². The van der Waals surface area contributed by atoms with Crippen LogP contribution in [-0.2, 0) is 15.7 Å². The van der Waals surface area contributed by atoms with Crippen molar-refractivity contribution in [3.05, 3.63) is 57.3 Å². The van der Waals surface area contributed by atoms with Gasteiger partial charge in [-0.3, -0.25) is 15.1 Å². The SMILES string of the molecule is CN1C(=N)N[C@](C)(c2ccc(C#N)s2)[C@H](c2ccc(C3(C#N)CC3)cc2)C1=O. The molecule has 1 amide bonds. The molecule has 1 aliphatic heterocycles. The molecule has 2 fully saturated rings. The second-order valence-electron chi connectivity index (χ2n) is 7.60. The van der Waals surface area contributed by atoms with E-state index < -0.39 is 11.5 Å². The summed E-state index contributed by atoms with van der Waals surface area (Å²) in [6, 6.07) is 15.8. The predicted octanol–water partition coefficient (Wildman–Crippen LogP) is 3.17. The number of benzene rings is 1. The van der Waals surface area contributed by atoms with Gasteiger partial charge in [0, 0.05) is 11.9 Å². The van der Waals surface area contributed by atoms with Crippen LogP contribution in [0.1, 0.15) is 46.6 Å². The Bertz CT molecular complexity index is 1050. The number of thiophene rings is 1. The lowest BCUT2D eigenvalue weighted by Gasteiger charge is -2.45. The number of nitriles is 2. The quantitative estimate of drug-likeness (QED) is 0.841. The van der Waals surface area contributed by atoms with Gasteiger partial charge in [-0.05, 0) is 43.0 Å². The minimum atomic E-state index is -0.839. The summed E-state index contributed by atoms with van der Waals surface area (Å²) in [4.78, 5) is 15.9. The predicted molar refractivity (Wildman–Crippen MR) is 106 cm³/mol. The van der Waals surface area contributed by atoms with Gasteiger partial charge in [0.2, 0.25) is 5.91 Å². The van der Waals surface area contributed by atoms with Crippen molar-refractivity contribution in [1.29, 1.82) is 15.9 Å². The molecule has 4 rings (SSSR count). The molecule has 0 bridgehead atoms. The van der Waals surface area contributed by atoms with Gasteiger partial charge in [-0.25, -0.2) is 0 Å². The third-order valence-electron chi connectivity index (χ3n) is 5.86. The lowest BCUT2D eigenvalue weighted by atomic mass is 9.76. The first-order valence-corrected chi connectivity index (χ1v) is 9.83. The normalized spacial score (nSPS) is 25.6. The zero-order valence-electron chi connectivity index (χ0n) is 15.6. The van der Waals surface area contributed by atoms with Crippen molar-refractivity contribution in [1.82, 2.24) is 10.2 Å². The third-order valence-corrected chi connectivity index (χ3v) is 7.08. The van der Waals surface area contributed by atoms with Crippen LogP contribution in [-0.4, -0.2) is 23.8 Å². The number of carbonyl (C=O) groups excluding carboxylic acids is 1. The van der Waals surface area contributed by atoms with E-state index in [1.54, 1.807) is 13.1 Å². The van der Waals surface area contributed by atoms with Crippen molar-refractivity contribution in [3.63, 3.8) is 0 Å². The summed E-state index contributed by atoms with van der Waals surface area (Å²) >= 11 is 1.33. The summed E-state index contributed by atoms with van der Waals surface area (Å²) in [5.41, 5.74) is 0.601. The number of rotatable bonds is 3. The Hall–Kier alpha value is -3.16. The third kappa shape index (κ3) is 2.59. The molecular weight excluding hydrogens is 370 g/mol. The molecule has 140 valence electrons.